The number of aromatic hydroxyl groups is 1. The second kappa shape index (κ2) is 12.4. The highest BCUT2D eigenvalue weighted by molar-refractivity contribution is 8.00. The lowest BCUT2D eigenvalue weighted by atomic mass is 10.0. The molecule has 5 rings (SSSR count). The summed E-state index contributed by atoms with van der Waals surface area (Å²) in [6.07, 6.45) is 2.02. The summed E-state index contributed by atoms with van der Waals surface area (Å²) in [6.45, 7) is 0.784. The van der Waals surface area contributed by atoms with Crippen molar-refractivity contribution in [1.29, 1.82) is 0 Å². The van der Waals surface area contributed by atoms with Gasteiger partial charge >= 0.3 is 5.97 Å². The second-order valence-corrected chi connectivity index (χ2v) is 11.9. The summed E-state index contributed by atoms with van der Waals surface area (Å²) in [6, 6.07) is 11.1. The number of nitrogens with one attached hydrogen (secondary N) is 1. The average Bonchev–Trinajstić information content (AvgIpc) is 3.32. The Kier molecular flexibility index (Phi) is 8.69. The van der Waals surface area contributed by atoms with Crippen LogP contribution in [0.15, 0.2) is 70.3 Å². The van der Waals surface area contributed by atoms with Gasteiger partial charge in [0, 0.05) is 29.3 Å². The molecule has 0 unspecified atom stereocenters. The van der Waals surface area contributed by atoms with Crippen molar-refractivity contribution in [2.45, 2.75) is 29.3 Å². The molecule has 42 heavy (non-hydrogen) atoms. The van der Waals surface area contributed by atoms with Crippen LogP contribution in [0.4, 0.5) is 0 Å². The zero-order chi connectivity index (χ0) is 30.0. The molecule has 3 amide bonds. The molecule has 2 aromatic rings. The van der Waals surface area contributed by atoms with Gasteiger partial charge in [-0.15, -0.1) is 23.5 Å². The molecule has 2 aromatic carbocycles. The SMILES string of the molecule is COc1ccc(SCC(=O)N[C@@H]2C(=O)N3C(C(=O)O)=C(C=C4CCN(Cc5cccc(O)c5)C4=O)CS[C@H]23)cc1OC. The minimum atomic E-state index is -1.27. The first-order valence-corrected chi connectivity index (χ1v) is 15.1. The Hall–Kier alpha value is -4.10. The zero-order valence-corrected chi connectivity index (χ0v) is 24.5. The number of thioether (sulfide) groups is 2. The summed E-state index contributed by atoms with van der Waals surface area (Å²) in [5.41, 5.74) is 1.47. The number of amides is 3. The maximum Gasteiger partial charge on any atom is 0.352 e. The van der Waals surface area contributed by atoms with Crippen molar-refractivity contribution in [3.63, 3.8) is 0 Å². The van der Waals surface area contributed by atoms with E-state index in [9.17, 15) is 29.4 Å². The van der Waals surface area contributed by atoms with Crippen LogP contribution in [0.1, 0.15) is 12.0 Å². The Morgan fingerprint density at radius 3 is 2.64 bits per heavy atom. The number of fused-ring (bicyclic) bond motifs is 1. The monoisotopic (exact) mass is 611 g/mol. The van der Waals surface area contributed by atoms with Crippen LogP contribution in [0.5, 0.6) is 17.2 Å². The summed E-state index contributed by atoms with van der Waals surface area (Å²) in [7, 11) is 3.06. The number of phenolic OH excluding ortho intramolecular Hbond substituents is 1. The van der Waals surface area contributed by atoms with Crippen LogP contribution in [0, 0.1) is 0 Å². The second-order valence-electron chi connectivity index (χ2n) is 9.76. The predicted octanol–water partition coefficient (Wildman–Crippen LogP) is 2.60. The lowest BCUT2D eigenvalue weighted by molar-refractivity contribution is -0.150. The molecule has 3 N–H and O–H groups in total. The molecule has 220 valence electrons. The highest BCUT2D eigenvalue weighted by Crippen LogP contribution is 2.41. The molecule has 11 nitrogen and oxygen atoms in total. The number of rotatable bonds is 10. The standard InChI is InChI=1S/C29H29N3O8S2/c1-39-21-7-6-20(12-22(21)40-2)41-15-23(34)30-24-27(36)32-25(29(37)38)18(14-42-28(24)32)11-17-8-9-31(26(17)35)13-16-4-3-5-19(33)10-16/h3-7,10-12,24,28,33H,8-9,13-15H2,1-2H3,(H,30,34)(H,37,38)/t24-,28-/m1/s1. The number of carbonyl (C=O) groups excluding carboxylic acids is 3. The van der Waals surface area contributed by atoms with Crippen LogP contribution in [-0.2, 0) is 25.7 Å². The summed E-state index contributed by atoms with van der Waals surface area (Å²) >= 11 is 2.61. The smallest absolute Gasteiger partial charge is 0.352 e. The van der Waals surface area contributed by atoms with E-state index in [2.05, 4.69) is 5.32 Å². The fraction of sp³-hybridized carbons (Fsp3) is 0.310. The lowest BCUT2D eigenvalue weighted by Gasteiger charge is -2.49. The highest BCUT2D eigenvalue weighted by atomic mass is 32.2. The van der Waals surface area contributed by atoms with Gasteiger partial charge in [-0.25, -0.2) is 4.79 Å². The van der Waals surface area contributed by atoms with Crippen LogP contribution in [-0.4, -0.2) is 87.4 Å². The van der Waals surface area contributed by atoms with Crippen LogP contribution in [0.25, 0.3) is 0 Å². The van der Waals surface area contributed by atoms with E-state index in [0.29, 0.717) is 42.2 Å². The molecule has 2 atom stereocenters. The normalized spacial score (nSPS) is 20.9. The van der Waals surface area contributed by atoms with E-state index >= 15 is 0 Å². The number of carboxylic acid groups (broad SMARTS) is 1. The minimum Gasteiger partial charge on any atom is -0.508 e. The van der Waals surface area contributed by atoms with Gasteiger partial charge in [0.25, 0.3) is 5.91 Å². The first-order valence-electron chi connectivity index (χ1n) is 13.0. The van der Waals surface area contributed by atoms with Crippen molar-refractivity contribution in [3.8, 4) is 17.2 Å². The highest BCUT2D eigenvalue weighted by Gasteiger charge is 2.54. The zero-order valence-electron chi connectivity index (χ0n) is 22.9. The van der Waals surface area contributed by atoms with Crippen LogP contribution in [0.3, 0.4) is 0 Å². The fourth-order valence-electron chi connectivity index (χ4n) is 5.06. The number of nitrogens with zero attached hydrogens (tertiary/aromatic N) is 2. The molecule has 0 aliphatic carbocycles. The minimum absolute atomic E-state index is 0.0524. The number of carbonyl (C=O) groups is 4. The molecular weight excluding hydrogens is 582 g/mol. The van der Waals surface area contributed by atoms with E-state index in [-0.39, 0.29) is 34.8 Å². The molecule has 3 aliphatic heterocycles. The van der Waals surface area contributed by atoms with Gasteiger partial charge in [-0.3, -0.25) is 19.3 Å². The topological polar surface area (TPSA) is 146 Å². The lowest BCUT2D eigenvalue weighted by Crippen LogP contribution is -2.70. The van der Waals surface area contributed by atoms with E-state index in [1.165, 1.54) is 42.6 Å². The average molecular weight is 612 g/mol. The van der Waals surface area contributed by atoms with Crippen LogP contribution >= 0.6 is 23.5 Å². The first kappa shape index (κ1) is 29.4. The van der Waals surface area contributed by atoms with Gasteiger partial charge in [0.2, 0.25) is 11.8 Å². The van der Waals surface area contributed by atoms with E-state index in [1.54, 1.807) is 47.4 Å². The third-order valence-electron chi connectivity index (χ3n) is 7.09. The Balaban J connectivity index is 1.23. The third kappa shape index (κ3) is 5.93. The van der Waals surface area contributed by atoms with Crippen molar-refractivity contribution in [2.75, 3.05) is 32.3 Å². The van der Waals surface area contributed by atoms with Crippen molar-refractivity contribution in [3.05, 3.63) is 70.9 Å². The predicted molar refractivity (Wildman–Crippen MR) is 156 cm³/mol. The summed E-state index contributed by atoms with van der Waals surface area (Å²) in [5, 5.41) is 21.9. The number of methoxy groups -OCH3 is 2. The molecule has 0 spiro atoms. The van der Waals surface area contributed by atoms with E-state index in [4.69, 9.17) is 9.47 Å². The molecule has 0 aromatic heterocycles. The Morgan fingerprint density at radius 1 is 1.14 bits per heavy atom. The molecule has 0 saturated carbocycles. The van der Waals surface area contributed by atoms with Gasteiger partial charge < -0.3 is 29.9 Å². The summed E-state index contributed by atoms with van der Waals surface area (Å²) < 4.78 is 10.5. The molecule has 13 heteroatoms. The summed E-state index contributed by atoms with van der Waals surface area (Å²) in [5.74, 6) is -0.798. The van der Waals surface area contributed by atoms with Gasteiger partial charge in [-0.1, -0.05) is 12.1 Å². The fourth-order valence-corrected chi connectivity index (χ4v) is 7.10. The largest absolute Gasteiger partial charge is 0.508 e. The Morgan fingerprint density at radius 2 is 1.93 bits per heavy atom. The Labute approximate surface area is 250 Å². The van der Waals surface area contributed by atoms with Gasteiger partial charge in [-0.05, 0) is 54.0 Å². The van der Waals surface area contributed by atoms with Gasteiger partial charge in [-0.2, -0.15) is 0 Å². The van der Waals surface area contributed by atoms with E-state index in [1.807, 2.05) is 6.07 Å². The number of ether oxygens (including phenoxy) is 2. The van der Waals surface area contributed by atoms with Gasteiger partial charge in [0.1, 0.15) is 22.9 Å². The van der Waals surface area contributed by atoms with Crippen LogP contribution < -0.4 is 14.8 Å². The van der Waals surface area contributed by atoms with Crippen molar-refractivity contribution in [1.82, 2.24) is 15.1 Å². The number of phenols is 1. The maximum atomic E-state index is 13.1. The van der Waals surface area contributed by atoms with Gasteiger partial charge in [0.15, 0.2) is 11.5 Å². The number of carboxylic acids is 1. The molecule has 2 saturated heterocycles. The number of hydrogen-bond donors (Lipinski definition) is 3. The van der Waals surface area contributed by atoms with E-state index < -0.39 is 23.3 Å². The molecule has 0 radical (unpaired) electrons. The van der Waals surface area contributed by atoms with Crippen molar-refractivity contribution < 1.29 is 38.9 Å². The number of aliphatic carboxylic acids is 1. The molecule has 3 heterocycles. The first-order chi connectivity index (χ1) is 20.2. The van der Waals surface area contributed by atoms with Crippen molar-refractivity contribution in [2.24, 2.45) is 0 Å². The van der Waals surface area contributed by atoms with Crippen molar-refractivity contribution >= 4 is 47.2 Å². The summed E-state index contributed by atoms with van der Waals surface area (Å²) in [4.78, 5) is 54.7. The number of likely N-dealkylation sites (tertiary alicyclic amines) is 1. The molecular formula is C29H29N3O8S2. The number of β-lactam (4-membered cyclic amide) rings is 1. The number of allylic oxidation sites excluding steroid dienone is 1. The third-order valence-corrected chi connectivity index (χ3v) is 9.38. The number of benzene rings is 2. The number of hydrogen-bond acceptors (Lipinski definition) is 9. The van der Waals surface area contributed by atoms with Crippen LogP contribution in [0.2, 0.25) is 0 Å². The molecule has 2 fully saturated rings. The van der Waals surface area contributed by atoms with E-state index in [0.717, 1.165) is 10.5 Å². The molecule has 3 aliphatic rings. The van der Waals surface area contributed by atoms with Gasteiger partial charge in [0.05, 0.1) is 20.0 Å². The molecule has 0 bridgehead atoms. The Bertz CT molecular complexity index is 1510. The quantitative estimate of drug-likeness (QED) is 0.208. The maximum absolute atomic E-state index is 13.1.